The molecule has 0 aliphatic carbocycles. The van der Waals surface area contributed by atoms with E-state index in [0.29, 0.717) is 42.8 Å². The Bertz CT molecular complexity index is 1200. The van der Waals surface area contributed by atoms with E-state index in [1.165, 1.54) is 0 Å². The maximum Gasteiger partial charge on any atom is 0.243 e. The van der Waals surface area contributed by atoms with Gasteiger partial charge >= 0.3 is 0 Å². The predicted octanol–water partition coefficient (Wildman–Crippen LogP) is 6.38. The van der Waals surface area contributed by atoms with E-state index in [0.717, 1.165) is 0 Å². The standard InChI is InChI=1S/C24H19Cl4N3O3/c25-15-4-7-17(8-5-15)31-12-14(10-23(31)32)24(33)30-29-21-11-16(26)6-9-22(21)34-13-18-19(27)2-1-3-20(18)28/h1-9,11,14,29H,10,12-13H2,(H,30,33)/t14-/m0/s1. The molecule has 1 fully saturated rings. The van der Waals surface area contributed by atoms with E-state index in [1.807, 2.05) is 0 Å². The minimum Gasteiger partial charge on any atom is -0.487 e. The van der Waals surface area contributed by atoms with Crippen LogP contribution in [-0.2, 0) is 16.2 Å². The van der Waals surface area contributed by atoms with Gasteiger partial charge in [-0.15, -0.1) is 0 Å². The molecule has 0 spiro atoms. The Hall–Kier alpha value is -2.64. The summed E-state index contributed by atoms with van der Waals surface area (Å²) in [6.07, 6.45) is 0.0973. The highest BCUT2D eigenvalue weighted by Crippen LogP contribution is 2.31. The largest absolute Gasteiger partial charge is 0.487 e. The summed E-state index contributed by atoms with van der Waals surface area (Å²) in [4.78, 5) is 26.8. The number of ether oxygens (including phenoxy) is 1. The molecule has 1 heterocycles. The first-order valence-corrected chi connectivity index (χ1v) is 11.8. The van der Waals surface area contributed by atoms with E-state index in [9.17, 15) is 9.59 Å². The van der Waals surface area contributed by atoms with Crippen molar-refractivity contribution < 1.29 is 14.3 Å². The summed E-state index contributed by atoms with van der Waals surface area (Å²) >= 11 is 24.5. The van der Waals surface area contributed by atoms with Gasteiger partial charge < -0.3 is 9.64 Å². The maximum absolute atomic E-state index is 12.8. The zero-order valence-corrected chi connectivity index (χ0v) is 20.7. The van der Waals surface area contributed by atoms with Gasteiger partial charge in [0.2, 0.25) is 11.8 Å². The summed E-state index contributed by atoms with van der Waals surface area (Å²) in [5.41, 5.74) is 7.29. The van der Waals surface area contributed by atoms with Crippen molar-refractivity contribution in [3.63, 3.8) is 0 Å². The van der Waals surface area contributed by atoms with Gasteiger partial charge in [-0.2, -0.15) is 0 Å². The van der Waals surface area contributed by atoms with Crippen molar-refractivity contribution in [3.8, 4) is 5.75 Å². The fraction of sp³-hybridized carbons (Fsp3) is 0.167. The Kier molecular flexibility index (Phi) is 7.73. The van der Waals surface area contributed by atoms with Crippen LogP contribution in [-0.4, -0.2) is 18.4 Å². The number of carbonyl (C=O) groups excluding carboxylic acids is 2. The van der Waals surface area contributed by atoms with Crippen LogP contribution in [0.5, 0.6) is 5.75 Å². The molecule has 0 saturated carbocycles. The Morgan fingerprint density at radius 3 is 2.35 bits per heavy atom. The molecule has 0 bridgehead atoms. The van der Waals surface area contributed by atoms with Crippen molar-refractivity contribution in [1.82, 2.24) is 5.43 Å². The number of halogens is 4. The van der Waals surface area contributed by atoms with Crippen molar-refractivity contribution in [2.75, 3.05) is 16.9 Å². The number of hydrogen-bond acceptors (Lipinski definition) is 4. The number of nitrogens with one attached hydrogen (secondary N) is 2. The maximum atomic E-state index is 12.8. The molecule has 0 unspecified atom stereocenters. The van der Waals surface area contributed by atoms with Gasteiger partial charge in [0.05, 0.1) is 11.6 Å². The number of carbonyl (C=O) groups is 2. The van der Waals surface area contributed by atoms with Gasteiger partial charge in [-0.05, 0) is 54.6 Å². The third-order valence-corrected chi connectivity index (χ3v) is 6.53. The monoisotopic (exact) mass is 537 g/mol. The van der Waals surface area contributed by atoms with Gasteiger partial charge in [0.15, 0.2) is 0 Å². The smallest absolute Gasteiger partial charge is 0.243 e. The fourth-order valence-electron chi connectivity index (χ4n) is 3.53. The fourth-order valence-corrected chi connectivity index (χ4v) is 4.34. The molecule has 6 nitrogen and oxygen atoms in total. The number of amides is 2. The molecular formula is C24H19Cl4N3O3. The van der Waals surface area contributed by atoms with Crippen LogP contribution in [0.3, 0.4) is 0 Å². The molecular weight excluding hydrogens is 520 g/mol. The van der Waals surface area contributed by atoms with Gasteiger partial charge in [0.25, 0.3) is 0 Å². The van der Waals surface area contributed by atoms with Gasteiger partial charge in [0.1, 0.15) is 12.4 Å². The minimum absolute atomic E-state index is 0.0973. The zero-order chi connectivity index (χ0) is 24.2. The van der Waals surface area contributed by atoms with E-state index < -0.39 is 5.92 Å². The first kappa shape index (κ1) is 24.5. The Labute approximate surface area is 216 Å². The van der Waals surface area contributed by atoms with Crippen molar-refractivity contribution in [1.29, 1.82) is 0 Å². The quantitative estimate of drug-likeness (QED) is 0.342. The molecule has 2 N–H and O–H groups in total. The minimum atomic E-state index is -0.527. The van der Waals surface area contributed by atoms with Crippen LogP contribution in [0.15, 0.2) is 60.7 Å². The van der Waals surface area contributed by atoms with Crippen LogP contribution in [0, 0.1) is 5.92 Å². The lowest BCUT2D eigenvalue weighted by molar-refractivity contribution is -0.125. The SMILES string of the molecule is O=C(NNc1cc(Cl)ccc1OCc1c(Cl)cccc1Cl)[C@H]1CC(=O)N(c2ccc(Cl)cc2)C1. The molecule has 1 aliphatic rings. The summed E-state index contributed by atoms with van der Waals surface area (Å²) in [7, 11) is 0. The van der Waals surface area contributed by atoms with E-state index in [2.05, 4.69) is 10.9 Å². The second-order valence-electron chi connectivity index (χ2n) is 7.63. The van der Waals surface area contributed by atoms with Crippen LogP contribution >= 0.6 is 46.4 Å². The van der Waals surface area contributed by atoms with Gasteiger partial charge in [-0.25, -0.2) is 0 Å². The summed E-state index contributed by atoms with van der Waals surface area (Å²) in [5, 5.41) is 2.00. The summed E-state index contributed by atoms with van der Waals surface area (Å²) in [6, 6.07) is 17.1. The summed E-state index contributed by atoms with van der Waals surface area (Å²) in [6.45, 7) is 0.383. The van der Waals surface area contributed by atoms with Crippen LogP contribution in [0.1, 0.15) is 12.0 Å². The van der Waals surface area contributed by atoms with Gasteiger partial charge in [-0.1, -0.05) is 52.5 Å². The van der Waals surface area contributed by atoms with E-state index in [-0.39, 0.29) is 31.4 Å². The first-order valence-electron chi connectivity index (χ1n) is 10.3. The molecule has 0 radical (unpaired) electrons. The van der Waals surface area contributed by atoms with Crippen molar-refractivity contribution in [3.05, 3.63) is 86.3 Å². The molecule has 4 rings (SSSR count). The molecule has 1 atom stereocenters. The highest BCUT2D eigenvalue weighted by Gasteiger charge is 2.35. The lowest BCUT2D eigenvalue weighted by Crippen LogP contribution is -2.36. The third-order valence-electron chi connectivity index (χ3n) is 5.33. The third kappa shape index (κ3) is 5.70. The van der Waals surface area contributed by atoms with Crippen molar-refractivity contribution in [2.24, 2.45) is 5.92 Å². The first-order chi connectivity index (χ1) is 16.3. The Balaban J connectivity index is 1.40. The average Bonchev–Trinajstić information content (AvgIpc) is 3.20. The molecule has 3 aromatic carbocycles. The molecule has 1 aliphatic heterocycles. The van der Waals surface area contributed by atoms with Gasteiger partial charge in [-0.3, -0.25) is 20.4 Å². The Morgan fingerprint density at radius 1 is 0.971 bits per heavy atom. The lowest BCUT2D eigenvalue weighted by Gasteiger charge is -2.18. The molecule has 34 heavy (non-hydrogen) atoms. The number of hydrogen-bond donors (Lipinski definition) is 2. The molecule has 10 heteroatoms. The lowest BCUT2D eigenvalue weighted by atomic mass is 10.1. The summed E-state index contributed by atoms with van der Waals surface area (Å²) < 4.78 is 5.88. The highest BCUT2D eigenvalue weighted by molar-refractivity contribution is 6.36. The van der Waals surface area contributed by atoms with Gasteiger partial charge in [0, 0.05) is 44.3 Å². The van der Waals surface area contributed by atoms with E-state index >= 15 is 0 Å². The number of nitrogens with zero attached hydrogens (tertiary/aromatic N) is 1. The predicted molar refractivity (Wildman–Crippen MR) is 136 cm³/mol. The normalized spacial score (nSPS) is 15.4. The Morgan fingerprint density at radius 2 is 1.65 bits per heavy atom. The molecule has 0 aromatic heterocycles. The van der Waals surface area contributed by atoms with Crippen LogP contribution < -0.4 is 20.5 Å². The highest BCUT2D eigenvalue weighted by atomic mass is 35.5. The van der Waals surface area contributed by atoms with Crippen LogP contribution in [0.4, 0.5) is 11.4 Å². The van der Waals surface area contributed by atoms with Crippen molar-refractivity contribution >= 4 is 69.6 Å². The average molecular weight is 539 g/mol. The number of benzene rings is 3. The van der Waals surface area contributed by atoms with E-state index in [4.69, 9.17) is 51.1 Å². The molecule has 2 amide bonds. The topological polar surface area (TPSA) is 70.7 Å². The number of hydrazine groups is 1. The molecule has 3 aromatic rings. The number of rotatable bonds is 7. The zero-order valence-electron chi connectivity index (χ0n) is 17.7. The second kappa shape index (κ2) is 10.7. The molecule has 176 valence electrons. The van der Waals surface area contributed by atoms with E-state index in [1.54, 1.807) is 65.6 Å². The van der Waals surface area contributed by atoms with Crippen molar-refractivity contribution in [2.45, 2.75) is 13.0 Å². The second-order valence-corrected chi connectivity index (χ2v) is 9.31. The molecule has 1 saturated heterocycles. The van der Waals surface area contributed by atoms with Crippen LogP contribution in [0.2, 0.25) is 20.1 Å². The number of anilines is 2. The van der Waals surface area contributed by atoms with Crippen LogP contribution in [0.25, 0.3) is 0 Å². The summed E-state index contributed by atoms with van der Waals surface area (Å²) in [5.74, 6) is -0.553.